The zero-order chi connectivity index (χ0) is 12.1. The topological polar surface area (TPSA) is 39.1 Å². The van der Waals surface area contributed by atoms with Crippen LogP contribution < -0.4 is 10.1 Å². The van der Waals surface area contributed by atoms with Gasteiger partial charge >= 0.3 is 0 Å². The number of hydrogen-bond acceptors (Lipinski definition) is 3. The molecule has 0 atom stereocenters. The first-order valence-electron chi connectivity index (χ1n) is 5.83. The van der Waals surface area contributed by atoms with Gasteiger partial charge in [-0.3, -0.25) is 0 Å². The molecule has 1 aromatic heterocycles. The van der Waals surface area contributed by atoms with E-state index in [1.807, 2.05) is 14.0 Å². The van der Waals surface area contributed by atoms with Crippen LogP contribution in [0.4, 0.5) is 0 Å². The van der Waals surface area contributed by atoms with Crippen molar-refractivity contribution in [3.05, 3.63) is 11.3 Å². The van der Waals surface area contributed by atoms with Gasteiger partial charge in [-0.25, -0.2) is 4.68 Å². The lowest BCUT2D eigenvalue weighted by molar-refractivity contribution is 0.367. The van der Waals surface area contributed by atoms with E-state index in [2.05, 4.69) is 24.3 Å². The van der Waals surface area contributed by atoms with Crippen LogP contribution >= 0.6 is 0 Å². The second-order valence-electron chi connectivity index (χ2n) is 4.56. The second kappa shape index (κ2) is 5.89. The monoisotopic (exact) mass is 225 g/mol. The number of nitrogens with one attached hydrogen (secondary N) is 1. The lowest BCUT2D eigenvalue weighted by atomic mass is 10.1. The zero-order valence-electron chi connectivity index (χ0n) is 11.0. The molecule has 1 rings (SSSR count). The predicted octanol–water partition coefficient (Wildman–Crippen LogP) is 1.87. The highest BCUT2D eigenvalue weighted by atomic mass is 16.5. The number of aromatic nitrogens is 2. The Morgan fingerprint density at radius 2 is 2.12 bits per heavy atom. The molecule has 0 spiro atoms. The first-order chi connectivity index (χ1) is 7.56. The minimum atomic E-state index is 0.740. The minimum Gasteiger partial charge on any atom is -0.481 e. The summed E-state index contributed by atoms with van der Waals surface area (Å²) in [7, 11) is 3.59. The molecular formula is C12H23N3O. The molecule has 16 heavy (non-hydrogen) atoms. The van der Waals surface area contributed by atoms with E-state index in [1.54, 1.807) is 11.8 Å². The third-order valence-corrected chi connectivity index (χ3v) is 2.68. The van der Waals surface area contributed by atoms with Gasteiger partial charge in [0.1, 0.15) is 0 Å². The molecule has 92 valence electrons. The molecule has 0 aliphatic rings. The Morgan fingerprint density at radius 1 is 1.44 bits per heavy atom. The summed E-state index contributed by atoms with van der Waals surface area (Å²) in [5.41, 5.74) is 2.20. The molecule has 0 aliphatic heterocycles. The molecule has 1 N–H and O–H groups in total. The fraction of sp³-hybridized carbons (Fsp3) is 0.750. The summed E-state index contributed by atoms with van der Waals surface area (Å²) >= 11 is 0. The van der Waals surface area contributed by atoms with Crippen LogP contribution in [0, 0.1) is 12.8 Å². The molecule has 4 nitrogen and oxygen atoms in total. The van der Waals surface area contributed by atoms with E-state index in [0.29, 0.717) is 0 Å². The quantitative estimate of drug-likeness (QED) is 0.751. The highest BCUT2D eigenvalue weighted by Crippen LogP contribution is 2.20. The molecule has 0 radical (unpaired) electrons. The number of nitrogens with zero attached hydrogens (tertiary/aromatic N) is 2. The summed E-state index contributed by atoms with van der Waals surface area (Å²) in [4.78, 5) is 0. The van der Waals surface area contributed by atoms with Crippen molar-refractivity contribution in [3.63, 3.8) is 0 Å². The molecule has 0 aliphatic carbocycles. The van der Waals surface area contributed by atoms with Crippen molar-refractivity contribution in [2.75, 3.05) is 13.7 Å². The number of rotatable bonds is 6. The van der Waals surface area contributed by atoms with Gasteiger partial charge in [0, 0.05) is 13.6 Å². The Bertz CT molecular complexity index is 331. The third-order valence-electron chi connectivity index (χ3n) is 2.68. The maximum atomic E-state index is 5.34. The third kappa shape index (κ3) is 3.23. The van der Waals surface area contributed by atoms with Gasteiger partial charge in [-0.05, 0) is 25.8 Å². The van der Waals surface area contributed by atoms with E-state index >= 15 is 0 Å². The fourth-order valence-corrected chi connectivity index (χ4v) is 1.74. The van der Waals surface area contributed by atoms with Crippen molar-refractivity contribution >= 4 is 0 Å². The van der Waals surface area contributed by atoms with E-state index in [-0.39, 0.29) is 0 Å². The molecule has 0 amide bonds. The Labute approximate surface area is 98.0 Å². The fourth-order valence-electron chi connectivity index (χ4n) is 1.74. The van der Waals surface area contributed by atoms with E-state index in [9.17, 15) is 0 Å². The second-order valence-corrected chi connectivity index (χ2v) is 4.56. The van der Waals surface area contributed by atoms with Gasteiger partial charge in [0.05, 0.1) is 18.4 Å². The highest BCUT2D eigenvalue weighted by Gasteiger charge is 2.12. The average Bonchev–Trinajstić information content (AvgIpc) is 2.47. The highest BCUT2D eigenvalue weighted by molar-refractivity contribution is 5.30. The number of aryl methyl sites for hydroxylation is 2. The summed E-state index contributed by atoms with van der Waals surface area (Å²) in [6.07, 6.45) is 1.20. The van der Waals surface area contributed by atoms with E-state index in [0.717, 1.165) is 36.1 Å². The molecule has 0 saturated heterocycles. The molecular weight excluding hydrogens is 202 g/mol. The first kappa shape index (κ1) is 13.0. The maximum absolute atomic E-state index is 5.34. The minimum absolute atomic E-state index is 0.740. The van der Waals surface area contributed by atoms with Crippen molar-refractivity contribution in [3.8, 4) is 5.88 Å². The standard InChI is InChI=1S/C12H23N3O/c1-9(2)6-7-13-8-11-10(3)14-15(4)12(11)16-5/h9,13H,6-8H2,1-5H3. The number of hydrogen-bond donors (Lipinski definition) is 1. The van der Waals surface area contributed by atoms with Crippen LogP contribution in [-0.4, -0.2) is 23.4 Å². The zero-order valence-corrected chi connectivity index (χ0v) is 11.0. The molecule has 0 fully saturated rings. The van der Waals surface area contributed by atoms with Gasteiger partial charge in [-0.2, -0.15) is 5.10 Å². The molecule has 1 aromatic rings. The van der Waals surface area contributed by atoms with Crippen LogP contribution in [0.25, 0.3) is 0 Å². The molecule has 0 aromatic carbocycles. The van der Waals surface area contributed by atoms with Crippen LogP contribution in [0.15, 0.2) is 0 Å². The van der Waals surface area contributed by atoms with Crippen LogP contribution in [-0.2, 0) is 13.6 Å². The summed E-state index contributed by atoms with van der Waals surface area (Å²) in [5, 5.41) is 7.78. The summed E-state index contributed by atoms with van der Waals surface area (Å²) in [6, 6.07) is 0. The van der Waals surface area contributed by atoms with E-state index in [1.165, 1.54) is 6.42 Å². The van der Waals surface area contributed by atoms with Gasteiger partial charge in [-0.15, -0.1) is 0 Å². The van der Waals surface area contributed by atoms with Crippen molar-refractivity contribution in [1.29, 1.82) is 0 Å². The largest absolute Gasteiger partial charge is 0.481 e. The summed E-state index contributed by atoms with van der Waals surface area (Å²) < 4.78 is 7.12. The van der Waals surface area contributed by atoms with Crippen LogP contribution in [0.1, 0.15) is 31.5 Å². The Kier molecular flexibility index (Phi) is 4.80. The molecule has 1 heterocycles. The van der Waals surface area contributed by atoms with Crippen LogP contribution in [0.5, 0.6) is 5.88 Å². The smallest absolute Gasteiger partial charge is 0.216 e. The average molecular weight is 225 g/mol. The van der Waals surface area contributed by atoms with Gasteiger partial charge in [0.15, 0.2) is 0 Å². The van der Waals surface area contributed by atoms with E-state index < -0.39 is 0 Å². The van der Waals surface area contributed by atoms with Gasteiger partial charge in [0.25, 0.3) is 0 Å². The molecule has 0 unspecified atom stereocenters. The summed E-state index contributed by atoms with van der Waals surface area (Å²) in [6.45, 7) is 8.35. The number of ether oxygens (including phenoxy) is 1. The molecule has 0 saturated carbocycles. The van der Waals surface area contributed by atoms with E-state index in [4.69, 9.17) is 4.74 Å². The van der Waals surface area contributed by atoms with Crippen LogP contribution in [0.2, 0.25) is 0 Å². The predicted molar refractivity (Wildman–Crippen MR) is 65.7 cm³/mol. The van der Waals surface area contributed by atoms with Crippen molar-refractivity contribution in [1.82, 2.24) is 15.1 Å². The Morgan fingerprint density at radius 3 is 2.69 bits per heavy atom. The molecule has 4 heteroatoms. The summed E-state index contributed by atoms with van der Waals surface area (Å²) in [5.74, 6) is 1.60. The van der Waals surface area contributed by atoms with Gasteiger partial charge in [-0.1, -0.05) is 13.8 Å². The normalized spacial score (nSPS) is 11.1. The van der Waals surface area contributed by atoms with Crippen LogP contribution in [0.3, 0.4) is 0 Å². The van der Waals surface area contributed by atoms with Gasteiger partial charge in [0.2, 0.25) is 5.88 Å². The Hall–Kier alpha value is -1.03. The van der Waals surface area contributed by atoms with Gasteiger partial charge < -0.3 is 10.1 Å². The molecule has 0 bridgehead atoms. The van der Waals surface area contributed by atoms with Crippen molar-refractivity contribution < 1.29 is 4.74 Å². The lowest BCUT2D eigenvalue weighted by Gasteiger charge is -2.08. The SMILES string of the molecule is COc1c(CNCCC(C)C)c(C)nn1C. The Balaban J connectivity index is 2.53. The first-order valence-corrected chi connectivity index (χ1v) is 5.83. The number of methoxy groups -OCH3 is 1. The maximum Gasteiger partial charge on any atom is 0.216 e. The van der Waals surface area contributed by atoms with Crippen molar-refractivity contribution in [2.24, 2.45) is 13.0 Å². The van der Waals surface area contributed by atoms with Crippen molar-refractivity contribution in [2.45, 2.75) is 33.7 Å². The lowest BCUT2D eigenvalue weighted by Crippen LogP contribution is -2.17.